The van der Waals surface area contributed by atoms with Crippen LogP contribution < -0.4 is 5.32 Å². The maximum absolute atomic E-state index is 14.7. The number of rotatable bonds is 10. The van der Waals surface area contributed by atoms with Gasteiger partial charge in [0, 0.05) is 11.6 Å². The van der Waals surface area contributed by atoms with Gasteiger partial charge >= 0.3 is 0 Å². The number of aromatic nitrogens is 5. The zero-order valence-electron chi connectivity index (χ0n) is 31.9. The molecule has 0 aliphatic rings. The lowest BCUT2D eigenvalue weighted by Gasteiger charge is -2.39. The van der Waals surface area contributed by atoms with Crippen molar-refractivity contribution in [1.29, 1.82) is 0 Å². The third-order valence-electron chi connectivity index (χ3n) is 10.7. The molecule has 0 radical (unpaired) electrons. The topological polar surface area (TPSA) is 97.7 Å². The van der Waals surface area contributed by atoms with E-state index < -0.39 is 19.4 Å². The first-order valence-corrected chi connectivity index (χ1v) is 21.1. The fourth-order valence-corrected chi connectivity index (χ4v) is 7.95. The van der Waals surface area contributed by atoms with Crippen LogP contribution in [0.1, 0.15) is 67.2 Å². The standard InChI is InChI=1S/C44H48N6O2Si/c1-30-24-25-34-36(26-30)48-49-38(34)37-27-45-40-39(46-37)35(41(51)47-43(5,6)29-52-53(7,8)42(2,3)4)28-50(40)44(31-18-12-9-13-19-31,32-20-14-10-15-21-32)33-22-16-11-17-23-33/h9-28H,29H2,1-8H3,(H,47,51)(H,48,49). The molecule has 0 spiro atoms. The fourth-order valence-electron chi connectivity index (χ4n) is 6.80. The van der Waals surface area contributed by atoms with Crippen LogP contribution in [0.25, 0.3) is 33.5 Å². The molecule has 53 heavy (non-hydrogen) atoms. The number of carbonyl (C=O) groups is 1. The number of fused-ring (bicyclic) bond motifs is 2. The van der Waals surface area contributed by atoms with Gasteiger partial charge in [0.25, 0.3) is 5.91 Å². The molecule has 270 valence electrons. The van der Waals surface area contributed by atoms with E-state index in [1.165, 1.54) is 0 Å². The summed E-state index contributed by atoms with van der Waals surface area (Å²) in [4.78, 5) is 25.1. The number of amides is 1. The second-order valence-corrected chi connectivity index (χ2v) is 21.0. The second-order valence-electron chi connectivity index (χ2n) is 16.2. The Hall–Kier alpha value is -5.38. The summed E-state index contributed by atoms with van der Waals surface area (Å²) in [6, 6.07) is 37.3. The van der Waals surface area contributed by atoms with E-state index in [1.807, 2.05) is 80.7 Å². The van der Waals surface area contributed by atoms with Gasteiger partial charge in [-0.15, -0.1) is 0 Å². The molecule has 0 fully saturated rings. The molecule has 1 amide bonds. The van der Waals surface area contributed by atoms with Gasteiger partial charge in [-0.25, -0.2) is 9.97 Å². The van der Waals surface area contributed by atoms with E-state index in [4.69, 9.17) is 14.4 Å². The number of nitrogens with one attached hydrogen (secondary N) is 2. The largest absolute Gasteiger partial charge is 0.414 e. The molecular formula is C44H48N6O2Si. The van der Waals surface area contributed by atoms with Gasteiger partial charge in [-0.3, -0.25) is 9.89 Å². The molecule has 8 nitrogen and oxygen atoms in total. The zero-order valence-corrected chi connectivity index (χ0v) is 32.9. The van der Waals surface area contributed by atoms with Gasteiger partial charge in [-0.05, 0) is 67.2 Å². The molecule has 9 heteroatoms. The molecule has 0 saturated heterocycles. The quantitative estimate of drug-likeness (QED) is 0.108. The minimum absolute atomic E-state index is 0.0390. The predicted molar refractivity (Wildman–Crippen MR) is 217 cm³/mol. The molecule has 3 aromatic heterocycles. The third-order valence-corrected chi connectivity index (χ3v) is 15.2. The van der Waals surface area contributed by atoms with Crippen molar-refractivity contribution in [3.63, 3.8) is 0 Å². The van der Waals surface area contributed by atoms with Crippen molar-refractivity contribution in [3.8, 4) is 11.4 Å². The Bertz CT molecular complexity index is 2300. The van der Waals surface area contributed by atoms with Gasteiger partial charge < -0.3 is 14.3 Å². The van der Waals surface area contributed by atoms with Crippen molar-refractivity contribution in [2.45, 2.75) is 70.8 Å². The minimum atomic E-state index is -2.07. The zero-order chi connectivity index (χ0) is 37.6. The summed E-state index contributed by atoms with van der Waals surface area (Å²) >= 11 is 0. The lowest BCUT2D eigenvalue weighted by Crippen LogP contribution is -2.51. The summed E-state index contributed by atoms with van der Waals surface area (Å²) in [6.45, 7) is 17.6. The normalized spacial score (nSPS) is 12.8. The minimum Gasteiger partial charge on any atom is -0.414 e. The summed E-state index contributed by atoms with van der Waals surface area (Å²) in [5.41, 5.74) is 6.24. The van der Waals surface area contributed by atoms with E-state index >= 15 is 0 Å². The molecule has 0 bridgehead atoms. The van der Waals surface area contributed by atoms with Crippen LogP contribution in [0.3, 0.4) is 0 Å². The van der Waals surface area contributed by atoms with Crippen LogP contribution in [0.5, 0.6) is 0 Å². The van der Waals surface area contributed by atoms with Crippen LogP contribution in [0.2, 0.25) is 18.1 Å². The second kappa shape index (κ2) is 13.5. The summed E-state index contributed by atoms with van der Waals surface area (Å²) in [5.74, 6) is -0.255. The maximum atomic E-state index is 14.7. The number of benzene rings is 4. The van der Waals surface area contributed by atoms with Crippen molar-refractivity contribution in [2.24, 2.45) is 0 Å². The SMILES string of the molecule is Cc1ccc2c(-c3cnc4c(n3)c(C(=O)NC(C)(C)CO[Si](C)(C)C(C)(C)C)cn4C(c3ccccc3)(c3ccccc3)c3ccccc3)n[nH]c2c1. The number of nitrogens with zero attached hydrogens (tertiary/aromatic N) is 4. The summed E-state index contributed by atoms with van der Waals surface area (Å²) in [7, 11) is -2.07. The van der Waals surface area contributed by atoms with Crippen molar-refractivity contribution in [2.75, 3.05) is 6.61 Å². The molecule has 0 saturated carbocycles. The molecule has 4 aromatic carbocycles. The van der Waals surface area contributed by atoms with Crippen LogP contribution in [-0.4, -0.2) is 51.1 Å². The number of carbonyl (C=O) groups excluding carboxylic acids is 1. The van der Waals surface area contributed by atoms with Crippen molar-refractivity contribution in [1.82, 2.24) is 30.0 Å². The number of H-pyrrole nitrogens is 1. The summed E-state index contributed by atoms with van der Waals surface area (Å²) < 4.78 is 8.74. The smallest absolute Gasteiger partial charge is 0.255 e. The molecule has 0 aliphatic carbocycles. The Labute approximate surface area is 312 Å². The van der Waals surface area contributed by atoms with Gasteiger partial charge in [-0.2, -0.15) is 5.10 Å². The number of hydrogen-bond acceptors (Lipinski definition) is 5. The lowest BCUT2D eigenvalue weighted by molar-refractivity contribution is 0.0875. The summed E-state index contributed by atoms with van der Waals surface area (Å²) in [5, 5.41) is 12.1. The monoisotopic (exact) mass is 720 g/mol. The lowest BCUT2D eigenvalue weighted by atomic mass is 9.76. The van der Waals surface area contributed by atoms with E-state index in [2.05, 4.69) is 109 Å². The average Bonchev–Trinajstić information content (AvgIpc) is 3.74. The van der Waals surface area contributed by atoms with Crippen molar-refractivity contribution in [3.05, 3.63) is 149 Å². The van der Waals surface area contributed by atoms with E-state index in [1.54, 1.807) is 6.20 Å². The highest BCUT2D eigenvalue weighted by Crippen LogP contribution is 2.44. The highest BCUT2D eigenvalue weighted by atomic mass is 28.4. The Kier molecular flexibility index (Phi) is 9.20. The van der Waals surface area contributed by atoms with Crippen LogP contribution in [0.15, 0.2) is 122 Å². The van der Waals surface area contributed by atoms with Crippen LogP contribution in [-0.2, 0) is 9.96 Å². The molecule has 0 unspecified atom stereocenters. The van der Waals surface area contributed by atoms with Gasteiger partial charge in [0.1, 0.15) is 22.4 Å². The average molecular weight is 721 g/mol. The van der Waals surface area contributed by atoms with Crippen LogP contribution in [0.4, 0.5) is 0 Å². The Morgan fingerprint density at radius 2 is 1.40 bits per heavy atom. The number of aryl methyl sites for hydroxylation is 1. The van der Waals surface area contributed by atoms with Crippen LogP contribution in [0, 0.1) is 6.92 Å². The Balaban J connectivity index is 1.46. The van der Waals surface area contributed by atoms with Gasteiger partial charge in [-0.1, -0.05) is 124 Å². The van der Waals surface area contributed by atoms with E-state index in [0.717, 1.165) is 33.2 Å². The van der Waals surface area contributed by atoms with Crippen LogP contribution >= 0.6 is 0 Å². The van der Waals surface area contributed by atoms with Gasteiger partial charge in [0.05, 0.1) is 29.4 Å². The molecule has 7 rings (SSSR count). The first-order valence-electron chi connectivity index (χ1n) is 18.2. The molecular weight excluding hydrogens is 673 g/mol. The van der Waals surface area contributed by atoms with Crippen molar-refractivity contribution < 1.29 is 9.22 Å². The predicted octanol–water partition coefficient (Wildman–Crippen LogP) is 9.65. The molecule has 0 atom stereocenters. The maximum Gasteiger partial charge on any atom is 0.255 e. The van der Waals surface area contributed by atoms with E-state index in [9.17, 15) is 4.79 Å². The number of aromatic amines is 1. The Morgan fingerprint density at radius 3 is 1.94 bits per heavy atom. The fraction of sp³-hybridized carbons (Fsp3) is 0.273. The van der Waals surface area contributed by atoms with E-state index in [-0.39, 0.29) is 10.9 Å². The van der Waals surface area contributed by atoms with Gasteiger partial charge in [0.2, 0.25) is 0 Å². The molecule has 0 aliphatic heterocycles. The highest BCUT2D eigenvalue weighted by Gasteiger charge is 2.42. The van der Waals surface area contributed by atoms with E-state index in [0.29, 0.717) is 34.7 Å². The molecule has 2 N–H and O–H groups in total. The Morgan fingerprint density at radius 1 is 0.830 bits per heavy atom. The van der Waals surface area contributed by atoms with Gasteiger partial charge in [0.15, 0.2) is 14.0 Å². The first-order chi connectivity index (χ1) is 25.2. The van der Waals surface area contributed by atoms with Crippen molar-refractivity contribution >= 4 is 36.3 Å². The third kappa shape index (κ3) is 6.60. The highest BCUT2D eigenvalue weighted by molar-refractivity contribution is 6.74. The summed E-state index contributed by atoms with van der Waals surface area (Å²) in [6.07, 6.45) is 3.69. The first kappa shape index (κ1) is 36.0. The molecule has 3 heterocycles. The number of hydrogen-bond donors (Lipinski definition) is 2. The molecule has 7 aromatic rings.